The molecule has 0 amide bonds. The monoisotopic (exact) mass is 244 g/mol. The maximum atomic E-state index is 9.86. The Labute approximate surface area is 110 Å². The summed E-state index contributed by atoms with van der Waals surface area (Å²) in [5.41, 5.74) is 1.25. The highest BCUT2D eigenvalue weighted by Gasteiger charge is 2.06. The zero-order valence-electron chi connectivity index (χ0n) is 11.7. The van der Waals surface area contributed by atoms with Crippen molar-refractivity contribution in [3.63, 3.8) is 0 Å². The maximum absolute atomic E-state index is 9.86. The normalized spacial score (nSPS) is 11.8. The lowest BCUT2D eigenvalue weighted by Gasteiger charge is -2.11. The molecule has 0 heterocycles. The molecule has 0 aliphatic rings. The van der Waals surface area contributed by atoms with E-state index in [1.165, 1.54) is 16.3 Å². The lowest BCUT2D eigenvalue weighted by molar-refractivity contribution is 0.164. The number of rotatable bonds is 4. The van der Waals surface area contributed by atoms with Crippen LogP contribution in [0.2, 0.25) is 0 Å². The van der Waals surface area contributed by atoms with Gasteiger partial charge < -0.3 is 5.11 Å². The summed E-state index contributed by atoms with van der Waals surface area (Å²) in [6.45, 7) is 6.10. The van der Waals surface area contributed by atoms with Crippen molar-refractivity contribution in [3.05, 3.63) is 48.0 Å². The van der Waals surface area contributed by atoms with Crippen LogP contribution in [0.5, 0.6) is 0 Å². The Balaban J connectivity index is 0.000000771. The van der Waals surface area contributed by atoms with Crippen molar-refractivity contribution in [3.8, 4) is 0 Å². The molecule has 0 aliphatic carbocycles. The number of fused-ring (bicyclic) bond motifs is 1. The summed E-state index contributed by atoms with van der Waals surface area (Å²) in [4.78, 5) is 0. The van der Waals surface area contributed by atoms with Gasteiger partial charge in [0.2, 0.25) is 0 Å². The van der Waals surface area contributed by atoms with Crippen molar-refractivity contribution in [2.45, 2.75) is 46.1 Å². The van der Waals surface area contributed by atoms with Crippen LogP contribution in [0.25, 0.3) is 10.8 Å². The standard InChI is InChI=1S/C15H18O.C2H6/c1-2-6-14(16)11-13-9-5-8-12-7-3-4-10-15(12)13;1-2/h3-5,7-10,14,16H,2,6,11H2,1H3;1-2H3. The van der Waals surface area contributed by atoms with E-state index in [2.05, 4.69) is 49.4 Å². The van der Waals surface area contributed by atoms with Crippen molar-refractivity contribution in [2.24, 2.45) is 0 Å². The molecule has 0 radical (unpaired) electrons. The van der Waals surface area contributed by atoms with Crippen LogP contribution in [0.3, 0.4) is 0 Å². The van der Waals surface area contributed by atoms with E-state index in [0.717, 1.165) is 19.3 Å². The Morgan fingerprint density at radius 2 is 1.67 bits per heavy atom. The summed E-state index contributed by atoms with van der Waals surface area (Å²) in [6.07, 6.45) is 2.46. The quantitative estimate of drug-likeness (QED) is 0.835. The average Bonchev–Trinajstić information content (AvgIpc) is 2.42. The van der Waals surface area contributed by atoms with Crippen LogP contribution in [0, 0.1) is 0 Å². The van der Waals surface area contributed by atoms with E-state index < -0.39 is 0 Å². The minimum atomic E-state index is -0.212. The predicted octanol–water partition coefficient (Wildman–Crippen LogP) is 4.57. The summed E-state index contributed by atoms with van der Waals surface area (Å²) in [5, 5.41) is 12.4. The number of benzene rings is 2. The van der Waals surface area contributed by atoms with Crippen molar-refractivity contribution >= 4 is 10.8 Å². The molecule has 0 spiro atoms. The molecule has 0 aliphatic heterocycles. The third kappa shape index (κ3) is 3.85. The fourth-order valence-electron chi connectivity index (χ4n) is 2.16. The third-order valence-corrected chi connectivity index (χ3v) is 2.96. The highest BCUT2D eigenvalue weighted by Crippen LogP contribution is 2.20. The molecule has 2 aromatic rings. The molecular formula is C17H24O. The van der Waals surface area contributed by atoms with E-state index in [9.17, 15) is 5.11 Å². The molecule has 1 heteroatoms. The Bertz CT molecular complexity index is 457. The van der Waals surface area contributed by atoms with E-state index >= 15 is 0 Å². The summed E-state index contributed by atoms with van der Waals surface area (Å²) in [6, 6.07) is 14.6. The van der Waals surface area contributed by atoms with Gasteiger partial charge in [0.05, 0.1) is 6.10 Å². The molecule has 1 nitrogen and oxygen atoms in total. The molecule has 0 saturated carbocycles. The summed E-state index contributed by atoms with van der Waals surface area (Å²) < 4.78 is 0. The maximum Gasteiger partial charge on any atom is 0.0580 e. The fourth-order valence-corrected chi connectivity index (χ4v) is 2.16. The van der Waals surface area contributed by atoms with Crippen LogP contribution in [-0.2, 0) is 6.42 Å². The second kappa shape index (κ2) is 7.88. The van der Waals surface area contributed by atoms with E-state index in [4.69, 9.17) is 0 Å². The Morgan fingerprint density at radius 1 is 1.00 bits per heavy atom. The van der Waals surface area contributed by atoms with Crippen LogP contribution < -0.4 is 0 Å². The third-order valence-electron chi connectivity index (χ3n) is 2.96. The van der Waals surface area contributed by atoms with Gasteiger partial charge in [-0.25, -0.2) is 0 Å². The lowest BCUT2D eigenvalue weighted by atomic mass is 9.98. The second-order valence-corrected chi connectivity index (χ2v) is 4.28. The SMILES string of the molecule is CC.CCCC(O)Cc1cccc2ccccc12. The molecule has 0 bridgehead atoms. The first-order valence-electron chi connectivity index (χ1n) is 6.96. The van der Waals surface area contributed by atoms with Gasteiger partial charge in [-0.3, -0.25) is 0 Å². The number of aliphatic hydroxyl groups is 1. The first-order chi connectivity index (χ1) is 8.81. The van der Waals surface area contributed by atoms with Gasteiger partial charge in [0, 0.05) is 0 Å². The Kier molecular flexibility index (Phi) is 6.45. The van der Waals surface area contributed by atoms with Gasteiger partial charge in [0.15, 0.2) is 0 Å². The van der Waals surface area contributed by atoms with Gasteiger partial charge in [0.1, 0.15) is 0 Å². The summed E-state index contributed by atoms with van der Waals surface area (Å²) in [7, 11) is 0. The second-order valence-electron chi connectivity index (χ2n) is 4.28. The van der Waals surface area contributed by atoms with Crippen molar-refractivity contribution < 1.29 is 5.11 Å². The molecule has 2 rings (SSSR count). The predicted molar refractivity (Wildman–Crippen MR) is 79.9 cm³/mol. The van der Waals surface area contributed by atoms with Gasteiger partial charge in [0.25, 0.3) is 0 Å². The molecule has 0 aromatic heterocycles. The molecule has 1 unspecified atom stereocenters. The van der Waals surface area contributed by atoms with Crippen LogP contribution in [0.15, 0.2) is 42.5 Å². The van der Waals surface area contributed by atoms with Crippen LogP contribution >= 0.6 is 0 Å². The van der Waals surface area contributed by atoms with E-state index in [-0.39, 0.29) is 6.10 Å². The highest BCUT2D eigenvalue weighted by molar-refractivity contribution is 5.85. The molecular weight excluding hydrogens is 220 g/mol. The summed E-state index contributed by atoms with van der Waals surface area (Å²) in [5.74, 6) is 0. The number of hydrogen-bond donors (Lipinski definition) is 1. The van der Waals surface area contributed by atoms with Gasteiger partial charge >= 0.3 is 0 Å². The van der Waals surface area contributed by atoms with Crippen LogP contribution in [-0.4, -0.2) is 11.2 Å². The minimum absolute atomic E-state index is 0.212. The number of aliphatic hydroxyl groups excluding tert-OH is 1. The summed E-state index contributed by atoms with van der Waals surface area (Å²) >= 11 is 0. The molecule has 98 valence electrons. The molecule has 1 N–H and O–H groups in total. The van der Waals surface area contributed by atoms with Gasteiger partial charge in [-0.2, -0.15) is 0 Å². The first-order valence-corrected chi connectivity index (χ1v) is 6.96. The molecule has 0 saturated heterocycles. The fraction of sp³-hybridized carbons (Fsp3) is 0.412. The van der Waals surface area contributed by atoms with Gasteiger partial charge in [-0.05, 0) is 29.2 Å². The molecule has 18 heavy (non-hydrogen) atoms. The molecule has 2 aromatic carbocycles. The largest absolute Gasteiger partial charge is 0.393 e. The zero-order chi connectivity index (χ0) is 13.4. The highest BCUT2D eigenvalue weighted by atomic mass is 16.3. The zero-order valence-corrected chi connectivity index (χ0v) is 11.7. The van der Waals surface area contributed by atoms with Gasteiger partial charge in [-0.1, -0.05) is 69.7 Å². The van der Waals surface area contributed by atoms with Gasteiger partial charge in [-0.15, -0.1) is 0 Å². The van der Waals surface area contributed by atoms with Crippen molar-refractivity contribution in [2.75, 3.05) is 0 Å². The Morgan fingerprint density at radius 3 is 2.39 bits per heavy atom. The van der Waals surface area contributed by atoms with Crippen LogP contribution in [0.1, 0.15) is 39.2 Å². The smallest absolute Gasteiger partial charge is 0.0580 e. The van der Waals surface area contributed by atoms with Crippen LogP contribution in [0.4, 0.5) is 0 Å². The van der Waals surface area contributed by atoms with E-state index in [0.29, 0.717) is 0 Å². The van der Waals surface area contributed by atoms with E-state index in [1.807, 2.05) is 13.8 Å². The molecule has 1 atom stereocenters. The lowest BCUT2D eigenvalue weighted by Crippen LogP contribution is -2.09. The Hall–Kier alpha value is -1.34. The van der Waals surface area contributed by atoms with E-state index in [1.54, 1.807) is 0 Å². The average molecular weight is 244 g/mol. The topological polar surface area (TPSA) is 20.2 Å². The minimum Gasteiger partial charge on any atom is -0.393 e. The van der Waals surface area contributed by atoms with Crippen molar-refractivity contribution in [1.82, 2.24) is 0 Å². The first kappa shape index (κ1) is 14.7. The molecule has 0 fully saturated rings. The van der Waals surface area contributed by atoms with Crippen molar-refractivity contribution in [1.29, 1.82) is 0 Å². The number of hydrogen-bond acceptors (Lipinski definition) is 1.